The molecule has 1 amide bonds. The van der Waals surface area contributed by atoms with Crippen molar-refractivity contribution in [3.63, 3.8) is 0 Å². The standard InChI is InChI=1S/C20H26N2O5S/c1-12(18(23)22-8-4-7-17(22)20(26)27)21-16(19(24)25)11-28-15-9-13-5-2-3-6-14(13)10-15/h2-3,5-6,12,15-17,21H,4,7-11H2,1H3,(H,24,25)(H,26,27)/t12-,16-,17-/m0/s1. The second-order valence-corrected chi connectivity index (χ2v) is 8.77. The minimum absolute atomic E-state index is 0.335. The number of benzene rings is 1. The fraction of sp³-hybridized carbons (Fsp3) is 0.550. The summed E-state index contributed by atoms with van der Waals surface area (Å²) in [6.07, 6.45) is 2.94. The van der Waals surface area contributed by atoms with E-state index in [0.717, 1.165) is 12.8 Å². The van der Waals surface area contributed by atoms with Crippen LogP contribution < -0.4 is 5.32 Å². The molecular weight excluding hydrogens is 380 g/mol. The number of carboxylic acid groups (broad SMARTS) is 2. The van der Waals surface area contributed by atoms with Crippen LogP contribution in [0.5, 0.6) is 0 Å². The van der Waals surface area contributed by atoms with Crippen LogP contribution in [0.25, 0.3) is 0 Å². The van der Waals surface area contributed by atoms with Gasteiger partial charge in [0.25, 0.3) is 0 Å². The second-order valence-electron chi connectivity index (χ2n) is 7.44. The summed E-state index contributed by atoms with van der Waals surface area (Å²) in [5, 5.41) is 22.0. The van der Waals surface area contributed by atoms with E-state index in [4.69, 9.17) is 0 Å². The zero-order chi connectivity index (χ0) is 20.3. The molecule has 1 fully saturated rings. The number of carboxylic acids is 2. The van der Waals surface area contributed by atoms with Crippen molar-refractivity contribution in [3.8, 4) is 0 Å². The van der Waals surface area contributed by atoms with Gasteiger partial charge in [0.05, 0.1) is 6.04 Å². The molecule has 1 saturated heterocycles. The van der Waals surface area contributed by atoms with Gasteiger partial charge in [-0.05, 0) is 43.7 Å². The van der Waals surface area contributed by atoms with Crippen molar-refractivity contribution in [2.75, 3.05) is 12.3 Å². The minimum atomic E-state index is -1.01. The van der Waals surface area contributed by atoms with Gasteiger partial charge >= 0.3 is 11.9 Å². The van der Waals surface area contributed by atoms with Gasteiger partial charge < -0.3 is 15.1 Å². The smallest absolute Gasteiger partial charge is 0.326 e. The molecule has 2 aliphatic rings. The number of carbonyl (C=O) groups is 3. The van der Waals surface area contributed by atoms with Crippen molar-refractivity contribution in [2.45, 2.75) is 56.0 Å². The van der Waals surface area contributed by atoms with E-state index in [9.17, 15) is 24.6 Å². The number of hydrogen-bond donors (Lipinski definition) is 3. The highest BCUT2D eigenvalue weighted by atomic mass is 32.2. The van der Waals surface area contributed by atoms with Crippen molar-refractivity contribution in [1.82, 2.24) is 10.2 Å². The SMILES string of the molecule is C[C@H](N[C@@H](CSC1Cc2ccccc2C1)C(=O)O)C(=O)N1CCC[C@H]1C(=O)O. The summed E-state index contributed by atoms with van der Waals surface area (Å²) in [5.74, 6) is -2.01. The number of aliphatic carboxylic acids is 2. The summed E-state index contributed by atoms with van der Waals surface area (Å²) in [4.78, 5) is 37.0. The van der Waals surface area contributed by atoms with Gasteiger partial charge in [-0.25, -0.2) is 4.79 Å². The molecule has 1 aromatic rings. The number of thioether (sulfide) groups is 1. The van der Waals surface area contributed by atoms with E-state index in [1.54, 1.807) is 18.7 Å². The highest BCUT2D eigenvalue weighted by Crippen LogP contribution is 2.30. The van der Waals surface area contributed by atoms with Crippen LogP contribution in [-0.2, 0) is 27.2 Å². The molecule has 1 aliphatic carbocycles. The molecule has 28 heavy (non-hydrogen) atoms. The number of rotatable bonds is 8. The lowest BCUT2D eigenvalue weighted by atomic mass is 10.1. The highest BCUT2D eigenvalue weighted by molar-refractivity contribution is 8.00. The van der Waals surface area contributed by atoms with Crippen molar-refractivity contribution in [1.29, 1.82) is 0 Å². The molecule has 3 atom stereocenters. The quantitative estimate of drug-likeness (QED) is 0.599. The zero-order valence-electron chi connectivity index (χ0n) is 15.8. The predicted octanol–water partition coefficient (Wildman–Crippen LogP) is 1.39. The van der Waals surface area contributed by atoms with E-state index in [1.165, 1.54) is 16.0 Å². The van der Waals surface area contributed by atoms with Crippen LogP contribution in [0.4, 0.5) is 0 Å². The third-order valence-corrected chi connectivity index (χ3v) is 6.78. The Balaban J connectivity index is 1.54. The molecule has 7 nitrogen and oxygen atoms in total. The predicted molar refractivity (Wildman–Crippen MR) is 106 cm³/mol. The molecule has 152 valence electrons. The Bertz CT molecular complexity index is 731. The summed E-state index contributed by atoms with van der Waals surface area (Å²) >= 11 is 1.61. The molecule has 0 aromatic heterocycles. The maximum Gasteiger partial charge on any atom is 0.326 e. The summed E-state index contributed by atoms with van der Waals surface area (Å²) in [7, 11) is 0. The lowest BCUT2D eigenvalue weighted by Crippen LogP contribution is -2.53. The number of fused-ring (bicyclic) bond motifs is 1. The van der Waals surface area contributed by atoms with E-state index in [1.807, 2.05) is 12.1 Å². The van der Waals surface area contributed by atoms with Crippen LogP contribution in [-0.4, -0.2) is 68.6 Å². The van der Waals surface area contributed by atoms with Crippen molar-refractivity contribution in [3.05, 3.63) is 35.4 Å². The maximum atomic E-state index is 12.6. The lowest BCUT2D eigenvalue weighted by Gasteiger charge is -2.27. The highest BCUT2D eigenvalue weighted by Gasteiger charge is 2.37. The second kappa shape index (κ2) is 8.96. The number of likely N-dealkylation sites (tertiary alicyclic amines) is 1. The van der Waals surface area contributed by atoms with Gasteiger partial charge in [-0.1, -0.05) is 24.3 Å². The monoisotopic (exact) mass is 406 g/mol. The molecule has 1 aliphatic heterocycles. The van der Waals surface area contributed by atoms with Crippen LogP contribution in [0, 0.1) is 0 Å². The van der Waals surface area contributed by atoms with E-state index < -0.39 is 30.1 Å². The average molecular weight is 407 g/mol. The molecule has 0 unspecified atom stereocenters. The van der Waals surface area contributed by atoms with Gasteiger partial charge in [0.1, 0.15) is 12.1 Å². The van der Waals surface area contributed by atoms with E-state index in [0.29, 0.717) is 30.4 Å². The van der Waals surface area contributed by atoms with Crippen molar-refractivity contribution < 1.29 is 24.6 Å². The number of amides is 1. The summed E-state index contributed by atoms with van der Waals surface area (Å²) in [5.41, 5.74) is 2.63. The van der Waals surface area contributed by atoms with Gasteiger partial charge in [0.15, 0.2) is 0 Å². The molecule has 1 aromatic carbocycles. The number of nitrogens with one attached hydrogen (secondary N) is 1. The van der Waals surface area contributed by atoms with E-state index >= 15 is 0 Å². The third kappa shape index (κ3) is 4.67. The Morgan fingerprint density at radius 2 is 1.86 bits per heavy atom. The first kappa shape index (κ1) is 20.7. The molecule has 0 bridgehead atoms. The van der Waals surface area contributed by atoms with Crippen LogP contribution >= 0.6 is 11.8 Å². The van der Waals surface area contributed by atoms with Gasteiger partial charge in [0.2, 0.25) is 5.91 Å². The van der Waals surface area contributed by atoms with Gasteiger partial charge in [-0.15, -0.1) is 0 Å². The Morgan fingerprint density at radius 1 is 1.21 bits per heavy atom. The Kier molecular flexibility index (Phi) is 6.61. The molecule has 8 heteroatoms. The van der Waals surface area contributed by atoms with Crippen LogP contribution in [0.3, 0.4) is 0 Å². The summed E-state index contributed by atoms with van der Waals surface area (Å²) < 4.78 is 0. The first-order valence-corrected chi connectivity index (χ1v) is 10.6. The van der Waals surface area contributed by atoms with Gasteiger partial charge in [0, 0.05) is 17.5 Å². The third-order valence-electron chi connectivity index (χ3n) is 5.45. The number of carbonyl (C=O) groups excluding carboxylic acids is 1. The molecule has 1 heterocycles. The fourth-order valence-corrected chi connectivity index (χ4v) is 5.27. The Morgan fingerprint density at radius 3 is 2.43 bits per heavy atom. The van der Waals surface area contributed by atoms with Crippen LogP contribution in [0.1, 0.15) is 30.9 Å². The average Bonchev–Trinajstić information content (AvgIpc) is 3.30. The number of nitrogens with zero attached hydrogens (tertiary/aromatic N) is 1. The summed E-state index contributed by atoms with van der Waals surface area (Å²) in [6.45, 7) is 2.00. The molecule has 0 spiro atoms. The first-order valence-electron chi connectivity index (χ1n) is 9.57. The topological polar surface area (TPSA) is 107 Å². The largest absolute Gasteiger partial charge is 0.480 e. The Labute approximate surface area is 168 Å². The molecule has 0 radical (unpaired) electrons. The molecule has 0 saturated carbocycles. The lowest BCUT2D eigenvalue weighted by molar-refractivity contribution is -0.149. The van der Waals surface area contributed by atoms with Crippen molar-refractivity contribution >= 4 is 29.6 Å². The minimum Gasteiger partial charge on any atom is -0.480 e. The first-order chi connectivity index (χ1) is 13.4. The van der Waals surface area contributed by atoms with Crippen LogP contribution in [0.2, 0.25) is 0 Å². The van der Waals surface area contributed by atoms with Crippen LogP contribution in [0.15, 0.2) is 24.3 Å². The van der Waals surface area contributed by atoms with E-state index in [-0.39, 0.29) is 5.91 Å². The van der Waals surface area contributed by atoms with Crippen molar-refractivity contribution in [2.24, 2.45) is 0 Å². The molecule has 3 N–H and O–H groups in total. The normalized spacial score (nSPS) is 21.3. The molecule has 3 rings (SSSR count). The maximum absolute atomic E-state index is 12.6. The molecular formula is C20H26N2O5S. The number of hydrogen-bond acceptors (Lipinski definition) is 5. The Hall–Kier alpha value is -2.06. The van der Waals surface area contributed by atoms with Gasteiger partial charge in [-0.2, -0.15) is 11.8 Å². The van der Waals surface area contributed by atoms with E-state index in [2.05, 4.69) is 17.4 Å². The summed E-state index contributed by atoms with van der Waals surface area (Å²) in [6, 6.07) is 5.83. The zero-order valence-corrected chi connectivity index (χ0v) is 16.7. The van der Waals surface area contributed by atoms with Gasteiger partial charge in [-0.3, -0.25) is 14.9 Å². The fourth-order valence-electron chi connectivity index (χ4n) is 3.97.